The molecule has 0 aromatic heterocycles. The highest BCUT2D eigenvalue weighted by molar-refractivity contribution is 5.98. The van der Waals surface area contributed by atoms with Gasteiger partial charge in [0, 0.05) is 52.0 Å². The summed E-state index contributed by atoms with van der Waals surface area (Å²) < 4.78 is 6.14. The van der Waals surface area contributed by atoms with Crippen LogP contribution in [0.3, 0.4) is 0 Å². The number of hydrogen-bond acceptors (Lipinski definition) is 5. The van der Waals surface area contributed by atoms with Crippen molar-refractivity contribution in [1.29, 1.82) is 0 Å². The molecule has 3 aliphatic rings. The lowest BCUT2D eigenvalue weighted by Crippen LogP contribution is -2.56. The van der Waals surface area contributed by atoms with Crippen molar-refractivity contribution in [3.63, 3.8) is 0 Å². The number of benzene rings is 1. The maximum atomic E-state index is 12.7. The monoisotopic (exact) mass is 400 g/mol. The molecule has 29 heavy (non-hydrogen) atoms. The zero-order valence-corrected chi connectivity index (χ0v) is 16.9. The molecule has 4 rings (SSSR count). The summed E-state index contributed by atoms with van der Waals surface area (Å²) in [5.74, 6) is 0.280. The number of likely N-dealkylation sites (tertiary alicyclic amines) is 1. The molecule has 0 bridgehead atoms. The number of amides is 3. The van der Waals surface area contributed by atoms with Gasteiger partial charge in [0.25, 0.3) is 5.91 Å². The molecule has 1 N–H and O–H groups in total. The first kappa shape index (κ1) is 19.7. The van der Waals surface area contributed by atoms with Gasteiger partial charge in [0.2, 0.25) is 11.8 Å². The van der Waals surface area contributed by atoms with Gasteiger partial charge < -0.3 is 24.8 Å². The van der Waals surface area contributed by atoms with Gasteiger partial charge in [0.1, 0.15) is 5.75 Å². The van der Waals surface area contributed by atoms with Crippen LogP contribution in [0, 0.1) is 0 Å². The fraction of sp³-hybridized carbons (Fsp3) is 0.571. The molecule has 2 saturated heterocycles. The molecule has 1 atom stereocenters. The summed E-state index contributed by atoms with van der Waals surface area (Å²) in [5.41, 5.74) is -0.391. The molecule has 1 unspecified atom stereocenters. The van der Waals surface area contributed by atoms with E-state index in [9.17, 15) is 14.4 Å². The van der Waals surface area contributed by atoms with Crippen LogP contribution in [0.1, 0.15) is 36.5 Å². The lowest BCUT2D eigenvalue weighted by atomic mass is 10.0. The molecule has 3 aliphatic heterocycles. The van der Waals surface area contributed by atoms with Gasteiger partial charge >= 0.3 is 0 Å². The number of piperazine rings is 1. The number of hydrogen-bond donors (Lipinski definition) is 1. The molecule has 8 heteroatoms. The van der Waals surface area contributed by atoms with Crippen molar-refractivity contribution < 1.29 is 19.1 Å². The first-order valence-corrected chi connectivity index (χ1v) is 10.4. The largest absolute Gasteiger partial charge is 0.467 e. The van der Waals surface area contributed by atoms with Gasteiger partial charge in [-0.2, -0.15) is 0 Å². The zero-order valence-electron chi connectivity index (χ0n) is 16.9. The number of para-hydroxylation sites is 1. The molecular formula is C21H28N4O4. The number of rotatable bonds is 3. The van der Waals surface area contributed by atoms with Crippen LogP contribution in [-0.2, 0) is 9.59 Å². The second kappa shape index (κ2) is 8.02. The predicted octanol–water partition coefficient (Wildman–Crippen LogP) is 0.682. The normalized spacial score (nSPS) is 25.3. The first-order valence-electron chi connectivity index (χ1n) is 10.4. The molecule has 3 amide bonds. The van der Waals surface area contributed by atoms with E-state index in [0.717, 1.165) is 19.6 Å². The third kappa shape index (κ3) is 4.07. The first-order chi connectivity index (χ1) is 14.0. The van der Waals surface area contributed by atoms with E-state index in [4.69, 9.17) is 4.74 Å². The predicted molar refractivity (Wildman–Crippen MR) is 106 cm³/mol. The summed E-state index contributed by atoms with van der Waals surface area (Å²) >= 11 is 0. The Morgan fingerprint density at radius 3 is 2.62 bits per heavy atom. The highest BCUT2D eigenvalue weighted by Gasteiger charge is 2.42. The maximum Gasteiger partial charge on any atom is 0.258 e. The van der Waals surface area contributed by atoms with Gasteiger partial charge in [-0.1, -0.05) is 19.1 Å². The Balaban J connectivity index is 1.39. The zero-order chi connectivity index (χ0) is 20.4. The number of carbonyl (C=O) groups excluding carboxylic acids is 3. The Labute approximate surface area is 170 Å². The Kier molecular flexibility index (Phi) is 5.45. The number of nitrogens with one attached hydrogen (secondary N) is 1. The average molecular weight is 400 g/mol. The van der Waals surface area contributed by atoms with Gasteiger partial charge in [-0.25, -0.2) is 0 Å². The van der Waals surface area contributed by atoms with Crippen molar-refractivity contribution in [2.75, 3.05) is 45.8 Å². The van der Waals surface area contributed by atoms with Gasteiger partial charge in [0.15, 0.2) is 5.72 Å². The molecule has 1 spiro atoms. The van der Waals surface area contributed by atoms with Crippen LogP contribution in [0.5, 0.6) is 5.75 Å². The van der Waals surface area contributed by atoms with E-state index < -0.39 is 5.72 Å². The number of likely N-dealkylation sites (N-methyl/N-ethyl adjacent to an activating group) is 1. The number of fused-ring (bicyclic) bond motifs is 1. The third-order valence-electron chi connectivity index (χ3n) is 6.16. The molecular weight excluding hydrogens is 372 g/mol. The quantitative estimate of drug-likeness (QED) is 0.807. The summed E-state index contributed by atoms with van der Waals surface area (Å²) in [7, 11) is 0. The topological polar surface area (TPSA) is 82.2 Å². The van der Waals surface area contributed by atoms with Crippen LogP contribution in [0.15, 0.2) is 24.3 Å². The minimum Gasteiger partial charge on any atom is -0.467 e. The maximum absolute atomic E-state index is 12.7. The lowest BCUT2D eigenvalue weighted by molar-refractivity contribution is -0.141. The van der Waals surface area contributed by atoms with Crippen molar-refractivity contribution in [3.8, 4) is 5.75 Å². The third-order valence-corrected chi connectivity index (χ3v) is 6.16. The highest BCUT2D eigenvalue weighted by atomic mass is 16.5. The van der Waals surface area contributed by atoms with Crippen molar-refractivity contribution in [1.82, 2.24) is 20.0 Å². The summed E-state index contributed by atoms with van der Waals surface area (Å²) in [4.78, 5) is 43.7. The fourth-order valence-corrected chi connectivity index (χ4v) is 4.26. The Bertz CT molecular complexity index is 806. The smallest absolute Gasteiger partial charge is 0.258 e. The van der Waals surface area contributed by atoms with Gasteiger partial charge in [-0.05, 0) is 18.7 Å². The summed E-state index contributed by atoms with van der Waals surface area (Å²) in [6.45, 7) is 6.73. The molecule has 1 aromatic rings. The van der Waals surface area contributed by atoms with Crippen molar-refractivity contribution in [2.24, 2.45) is 0 Å². The van der Waals surface area contributed by atoms with E-state index >= 15 is 0 Å². The molecule has 0 saturated carbocycles. The summed E-state index contributed by atoms with van der Waals surface area (Å²) in [5, 5.41) is 2.96. The molecule has 1 aromatic carbocycles. The molecule has 0 aliphatic carbocycles. The average Bonchev–Trinajstić information content (AvgIpc) is 2.88. The van der Waals surface area contributed by atoms with Crippen molar-refractivity contribution >= 4 is 17.7 Å². The second-order valence-corrected chi connectivity index (χ2v) is 7.93. The minimum atomic E-state index is -0.897. The van der Waals surface area contributed by atoms with Crippen LogP contribution in [0.25, 0.3) is 0 Å². The van der Waals surface area contributed by atoms with Crippen LogP contribution >= 0.6 is 0 Å². The SMILES string of the molecule is CCN1CCN(C(=O)CN2CCC3(CCC2=O)NC(=O)c2ccccc2O3)CC1. The molecule has 3 heterocycles. The van der Waals surface area contributed by atoms with Crippen LogP contribution in [0.4, 0.5) is 0 Å². The van der Waals surface area contributed by atoms with Gasteiger partial charge in [-0.15, -0.1) is 0 Å². The van der Waals surface area contributed by atoms with E-state index in [2.05, 4.69) is 17.1 Å². The van der Waals surface area contributed by atoms with E-state index in [-0.39, 0.29) is 30.7 Å². The number of carbonyl (C=O) groups is 3. The molecule has 0 radical (unpaired) electrons. The molecule has 2 fully saturated rings. The molecule has 8 nitrogen and oxygen atoms in total. The van der Waals surface area contributed by atoms with Crippen LogP contribution in [0.2, 0.25) is 0 Å². The van der Waals surface area contributed by atoms with E-state index in [1.165, 1.54) is 0 Å². The Morgan fingerprint density at radius 2 is 1.86 bits per heavy atom. The highest BCUT2D eigenvalue weighted by Crippen LogP contribution is 2.33. The van der Waals surface area contributed by atoms with Crippen LogP contribution < -0.4 is 10.1 Å². The van der Waals surface area contributed by atoms with E-state index in [0.29, 0.717) is 43.8 Å². The molecule has 156 valence electrons. The summed E-state index contributed by atoms with van der Waals surface area (Å²) in [6, 6.07) is 7.13. The van der Waals surface area contributed by atoms with E-state index in [1.807, 2.05) is 11.0 Å². The Morgan fingerprint density at radius 1 is 1.10 bits per heavy atom. The second-order valence-electron chi connectivity index (χ2n) is 7.93. The fourth-order valence-electron chi connectivity index (χ4n) is 4.26. The van der Waals surface area contributed by atoms with Gasteiger partial charge in [0.05, 0.1) is 12.1 Å². The van der Waals surface area contributed by atoms with E-state index in [1.54, 1.807) is 23.1 Å². The summed E-state index contributed by atoms with van der Waals surface area (Å²) in [6.07, 6.45) is 1.08. The Hall–Kier alpha value is -2.61. The lowest BCUT2D eigenvalue weighted by Gasteiger charge is -2.38. The number of ether oxygens (including phenoxy) is 1. The standard InChI is InChI=1S/C21H28N4O4/c1-2-23-11-13-24(14-12-23)19(27)15-25-10-9-21(8-7-18(25)26)22-20(28)16-5-3-4-6-17(16)29-21/h3-6H,2,7-15H2,1H3,(H,22,28). The number of nitrogens with zero attached hydrogens (tertiary/aromatic N) is 3. The van der Waals surface area contributed by atoms with Crippen LogP contribution in [-0.4, -0.2) is 84.0 Å². The van der Waals surface area contributed by atoms with Crippen molar-refractivity contribution in [3.05, 3.63) is 29.8 Å². The minimum absolute atomic E-state index is 0.0102. The van der Waals surface area contributed by atoms with Gasteiger partial charge in [-0.3, -0.25) is 14.4 Å². The van der Waals surface area contributed by atoms with Crippen molar-refractivity contribution in [2.45, 2.75) is 31.9 Å².